The summed E-state index contributed by atoms with van der Waals surface area (Å²) in [6.07, 6.45) is 7.87. The summed E-state index contributed by atoms with van der Waals surface area (Å²) in [5.74, 6) is 0.547. The number of aromatic nitrogens is 1. The smallest absolute Gasteiger partial charge is 0.223 e. The Balaban J connectivity index is 1.61. The van der Waals surface area contributed by atoms with Crippen LogP contribution in [0.1, 0.15) is 49.2 Å². The van der Waals surface area contributed by atoms with Gasteiger partial charge in [-0.15, -0.1) is 11.3 Å². The van der Waals surface area contributed by atoms with Crippen LogP contribution in [0.4, 0.5) is 0 Å². The van der Waals surface area contributed by atoms with Gasteiger partial charge in [-0.2, -0.15) is 0 Å². The van der Waals surface area contributed by atoms with Gasteiger partial charge in [-0.1, -0.05) is 19.3 Å². The fourth-order valence-electron chi connectivity index (χ4n) is 2.48. The summed E-state index contributed by atoms with van der Waals surface area (Å²) in [5.41, 5.74) is 1.10. The van der Waals surface area contributed by atoms with E-state index in [9.17, 15) is 4.79 Å². The first kappa shape index (κ1) is 13.5. The zero-order valence-electron chi connectivity index (χ0n) is 11.1. The third kappa shape index (κ3) is 4.09. The van der Waals surface area contributed by atoms with Gasteiger partial charge in [-0.05, 0) is 26.2 Å². The predicted molar refractivity (Wildman–Crippen MR) is 74.8 cm³/mol. The summed E-state index contributed by atoms with van der Waals surface area (Å²) in [7, 11) is 0. The molecule has 0 aliphatic heterocycles. The molecule has 0 radical (unpaired) electrons. The van der Waals surface area contributed by atoms with E-state index in [2.05, 4.69) is 15.7 Å². The second-order valence-electron chi connectivity index (χ2n) is 5.11. The highest BCUT2D eigenvalue weighted by molar-refractivity contribution is 7.09. The van der Waals surface area contributed by atoms with Gasteiger partial charge in [0.1, 0.15) is 0 Å². The van der Waals surface area contributed by atoms with Crippen LogP contribution in [0.3, 0.4) is 0 Å². The van der Waals surface area contributed by atoms with Gasteiger partial charge in [0.05, 0.1) is 5.01 Å². The maximum absolute atomic E-state index is 11.9. The Bertz CT molecular complexity index is 383. The zero-order chi connectivity index (χ0) is 12.8. The summed E-state index contributed by atoms with van der Waals surface area (Å²) in [6.45, 7) is 2.80. The molecule has 1 aromatic rings. The Kier molecular flexibility index (Phi) is 5.17. The van der Waals surface area contributed by atoms with Gasteiger partial charge in [-0.3, -0.25) is 4.79 Å². The Morgan fingerprint density at radius 2 is 2.22 bits per heavy atom. The molecule has 18 heavy (non-hydrogen) atoms. The van der Waals surface area contributed by atoms with Gasteiger partial charge in [0, 0.05) is 30.0 Å². The van der Waals surface area contributed by atoms with Crippen LogP contribution in [-0.2, 0) is 11.2 Å². The van der Waals surface area contributed by atoms with Gasteiger partial charge in [0.15, 0.2) is 0 Å². The van der Waals surface area contributed by atoms with Crippen molar-refractivity contribution in [1.82, 2.24) is 10.3 Å². The number of rotatable bonds is 5. The van der Waals surface area contributed by atoms with E-state index in [1.54, 1.807) is 11.3 Å². The van der Waals surface area contributed by atoms with Crippen molar-refractivity contribution in [2.45, 2.75) is 51.9 Å². The molecule has 4 heteroatoms. The number of nitrogens with zero attached hydrogens (tertiary/aromatic N) is 1. The molecule has 0 saturated heterocycles. The van der Waals surface area contributed by atoms with Gasteiger partial charge in [-0.25, -0.2) is 4.98 Å². The van der Waals surface area contributed by atoms with Crippen LogP contribution in [-0.4, -0.2) is 17.4 Å². The zero-order valence-corrected chi connectivity index (χ0v) is 11.9. The molecular formula is C14H22N2OS. The lowest BCUT2D eigenvalue weighted by Gasteiger charge is -2.20. The number of nitrogens with one attached hydrogen (secondary N) is 1. The molecule has 1 N–H and O–H groups in total. The van der Waals surface area contributed by atoms with Gasteiger partial charge in [0.2, 0.25) is 5.91 Å². The van der Waals surface area contributed by atoms with Crippen molar-refractivity contribution >= 4 is 17.2 Å². The number of carbonyl (C=O) groups is 1. The standard InChI is InChI=1S/C14H22N2OS/c1-11-10-18-13(16-11)8-5-9-15-14(17)12-6-3-2-4-7-12/h10,12H,2-9H2,1H3,(H,15,17). The molecule has 1 aromatic heterocycles. The van der Waals surface area contributed by atoms with Crippen LogP contribution in [0.15, 0.2) is 5.38 Å². The Hall–Kier alpha value is -0.900. The normalized spacial score (nSPS) is 16.7. The molecule has 0 aromatic carbocycles. The third-order valence-corrected chi connectivity index (χ3v) is 4.54. The molecule has 2 rings (SSSR count). The van der Waals surface area contributed by atoms with Crippen LogP contribution in [0.5, 0.6) is 0 Å². The number of hydrogen-bond donors (Lipinski definition) is 1. The maximum Gasteiger partial charge on any atom is 0.223 e. The van der Waals surface area contributed by atoms with E-state index in [0.717, 1.165) is 37.9 Å². The number of thiazole rings is 1. The van der Waals surface area contributed by atoms with Crippen LogP contribution in [0, 0.1) is 12.8 Å². The lowest BCUT2D eigenvalue weighted by Crippen LogP contribution is -2.32. The first-order chi connectivity index (χ1) is 8.75. The summed E-state index contributed by atoms with van der Waals surface area (Å²) < 4.78 is 0. The molecular weight excluding hydrogens is 244 g/mol. The second kappa shape index (κ2) is 6.88. The molecule has 1 saturated carbocycles. The number of aryl methyl sites for hydroxylation is 2. The largest absolute Gasteiger partial charge is 0.356 e. The van der Waals surface area contributed by atoms with E-state index in [-0.39, 0.29) is 11.8 Å². The van der Waals surface area contributed by atoms with E-state index in [4.69, 9.17) is 0 Å². The summed E-state index contributed by atoms with van der Waals surface area (Å²) >= 11 is 1.71. The van der Waals surface area contributed by atoms with Crippen LogP contribution < -0.4 is 5.32 Å². The minimum absolute atomic E-state index is 0.269. The molecule has 1 aliphatic carbocycles. The molecule has 1 amide bonds. The Morgan fingerprint density at radius 3 is 2.89 bits per heavy atom. The minimum atomic E-state index is 0.269. The average Bonchev–Trinajstić information content (AvgIpc) is 2.81. The molecule has 0 spiro atoms. The van der Waals surface area contributed by atoms with Gasteiger partial charge >= 0.3 is 0 Å². The molecule has 0 unspecified atom stereocenters. The van der Waals surface area contributed by atoms with Crippen molar-refractivity contribution in [3.05, 3.63) is 16.1 Å². The first-order valence-corrected chi connectivity index (χ1v) is 7.82. The van der Waals surface area contributed by atoms with Crippen molar-refractivity contribution in [1.29, 1.82) is 0 Å². The molecule has 0 atom stereocenters. The number of carbonyl (C=O) groups excluding carboxylic acids is 1. The van der Waals surface area contributed by atoms with Crippen molar-refractivity contribution in [2.75, 3.05) is 6.54 Å². The quantitative estimate of drug-likeness (QED) is 0.832. The number of amides is 1. The summed E-state index contributed by atoms with van der Waals surface area (Å²) in [4.78, 5) is 16.3. The third-order valence-electron chi connectivity index (χ3n) is 3.51. The topological polar surface area (TPSA) is 42.0 Å². The van der Waals surface area contributed by atoms with E-state index in [1.165, 1.54) is 24.3 Å². The highest BCUT2D eigenvalue weighted by Crippen LogP contribution is 2.23. The first-order valence-electron chi connectivity index (χ1n) is 6.94. The van der Waals surface area contributed by atoms with Crippen molar-refractivity contribution in [3.8, 4) is 0 Å². The Morgan fingerprint density at radius 1 is 1.44 bits per heavy atom. The van der Waals surface area contributed by atoms with Gasteiger partial charge in [0.25, 0.3) is 0 Å². The highest BCUT2D eigenvalue weighted by Gasteiger charge is 2.20. The molecule has 1 fully saturated rings. The number of hydrogen-bond acceptors (Lipinski definition) is 3. The van der Waals surface area contributed by atoms with Crippen LogP contribution in [0.25, 0.3) is 0 Å². The van der Waals surface area contributed by atoms with Crippen molar-refractivity contribution in [2.24, 2.45) is 5.92 Å². The Labute approximate surface area is 113 Å². The van der Waals surface area contributed by atoms with Crippen molar-refractivity contribution in [3.63, 3.8) is 0 Å². The summed E-state index contributed by atoms with van der Waals surface area (Å²) in [6, 6.07) is 0. The van der Waals surface area contributed by atoms with E-state index >= 15 is 0 Å². The average molecular weight is 266 g/mol. The molecule has 0 bridgehead atoms. The molecule has 100 valence electrons. The van der Waals surface area contributed by atoms with Crippen molar-refractivity contribution < 1.29 is 4.79 Å². The summed E-state index contributed by atoms with van der Waals surface area (Å²) in [5, 5.41) is 6.33. The van der Waals surface area contributed by atoms with Crippen LogP contribution >= 0.6 is 11.3 Å². The fourth-order valence-corrected chi connectivity index (χ4v) is 3.30. The maximum atomic E-state index is 11.9. The molecule has 1 aliphatic rings. The van der Waals surface area contributed by atoms with E-state index in [1.807, 2.05) is 6.92 Å². The fraction of sp³-hybridized carbons (Fsp3) is 0.714. The minimum Gasteiger partial charge on any atom is -0.356 e. The monoisotopic (exact) mass is 266 g/mol. The van der Waals surface area contributed by atoms with Crippen LogP contribution in [0.2, 0.25) is 0 Å². The highest BCUT2D eigenvalue weighted by atomic mass is 32.1. The van der Waals surface area contributed by atoms with Gasteiger partial charge < -0.3 is 5.32 Å². The second-order valence-corrected chi connectivity index (χ2v) is 6.05. The predicted octanol–water partition coefficient (Wildman–Crippen LogP) is 3.08. The SMILES string of the molecule is Cc1csc(CCCNC(=O)C2CCCCC2)n1. The lowest BCUT2D eigenvalue weighted by atomic mass is 9.89. The molecule has 3 nitrogen and oxygen atoms in total. The van der Waals surface area contributed by atoms with E-state index in [0.29, 0.717) is 0 Å². The molecule has 1 heterocycles. The van der Waals surface area contributed by atoms with E-state index < -0.39 is 0 Å². The lowest BCUT2D eigenvalue weighted by molar-refractivity contribution is -0.125.